The lowest BCUT2D eigenvalue weighted by Crippen LogP contribution is -2.59. The lowest BCUT2D eigenvalue weighted by atomic mass is 10.1. The summed E-state index contributed by atoms with van der Waals surface area (Å²) in [6, 6.07) is 0. The van der Waals surface area contributed by atoms with Gasteiger partial charge in [0.25, 0.3) is 0 Å². The Labute approximate surface area is 54.8 Å². The SMILES string of the molecule is CC1(C)NCCC(=O)N1. The summed E-state index contributed by atoms with van der Waals surface area (Å²) in [5.41, 5.74) is -0.199. The number of hydrogen-bond donors (Lipinski definition) is 2. The Balaban J connectivity index is 2.51. The lowest BCUT2D eigenvalue weighted by molar-refractivity contribution is -0.124. The third kappa shape index (κ3) is 1.68. The molecule has 1 amide bonds. The average Bonchev–Trinajstić information content (AvgIpc) is 1.60. The summed E-state index contributed by atoms with van der Waals surface area (Å²) in [7, 11) is 0. The van der Waals surface area contributed by atoms with Crippen LogP contribution in [0.25, 0.3) is 0 Å². The summed E-state index contributed by atoms with van der Waals surface area (Å²) in [6.07, 6.45) is 0.601. The minimum atomic E-state index is -0.199. The van der Waals surface area contributed by atoms with E-state index in [2.05, 4.69) is 10.6 Å². The molecule has 0 unspecified atom stereocenters. The second-order valence-corrected chi connectivity index (χ2v) is 2.85. The van der Waals surface area contributed by atoms with Crippen LogP contribution in [0.5, 0.6) is 0 Å². The van der Waals surface area contributed by atoms with E-state index in [9.17, 15) is 4.79 Å². The maximum Gasteiger partial charge on any atom is 0.222 e. The first-order chi connectivity index (χ1) is 4.10. The molecule has 0 saturated carbocycles. The van der Waals surface area contributed by atoms with Gasteiger partial charge in [-0.1, -0.05) is 0 Å². The Bertz CT molecular complexity index is 131. The number of carbonyl (C=O) groups excluding carboxylic acids is 1. The van der Waals surface area contributed by atoms with Gasteiger partial charge in [-0.05, 0) is 13.8 Å². The topological polar surface area (TPSA) is 41.1 Å². The van der Waals surface area contributed by atoms with Crippen molar-refractivity contribution in [3.63, 3.8) is 0 Å². The highest BCUT2D eigenvalue weighted by atomic mass is 16.2. The molecule has 0 aliphatic carbocycles. The van der Waals surface area contributed by atoms with Gasteiger partial charge in [-0.25, -0.2) is 0 Å². The third-order valence-corrected chi connectivity index (χ3v) is 1.37. The van der Waals surface area contributed by atoms with Gasteiger partial charge in [0.15, 0.2) is 0 Å². The van der Waals surface area contributed by atoms with E-state index in [0.717, 1.165) is 6.54 Å². The van der Waals surface area contributed by atoms with Crippen molar-refractivity contribution in [2.24, 2.45) is 0 Å². The monoisotopic (exact) mass is 128 g/mol. The molecular weight excluding hydrogens is 116 g/mol. The maximum atomic E-state index is 10.7. The molecule has 2 N–H and O–H groups in total. The smallest absolute Gasteiger partial charge is 0.222 e. The molecule has 1 fully saturated rings. The number of carbonyl (C=O) groups is 1. The molecule has 0 bridgehead atoms. The number of nitrogens with one attached hydrogen (secondary N) is 2. The highest BCUT2D eigenvalue weighted by Crippen LogP contribution is 2.01. The van der Waals surface area contributed by atoms with Gasteiger partial charge in [-0.15, -0.1) is 0 Å². The van der Waals surface area contributed by atoms with Crippen LogP contribution in [-0.4, -0.2) is 18.1 Å². The summed E-state index contributed by atoms with van der Waals surface area (Å²) in [5, 5.41) is 5.96. The number of hydrogen-bond acceptors (Lipinski definition) is 2. The summed E-state index contributed by atoms with van der Waals surface area (Å²) < 4.78 is 0. The van der Waals surface area contributed by atoms with Crippen molar-refractivity contribution in [3.8, 4) is 0 Å². The molecule has 9 heavy (non-hydrogen) atoms. The molecule has 0 atom stereocenters. The second-order valence-electron chi connectivity index (χ2n) is 2.85. The molecule has 0 spiro atoms. The molecule has 3 nitrogen and oxygen atoms in total. The normalized spacial score (nSPS) is 25.3. The van der Waals surface area contributed by atoms with Crippen molar-refractivity contribution in [3.05, 3.63) is 0 Å². The van der Waals surface area contributed by atoms with E-state index in [0.29, 0.717) is 6.42 Å². The van der Waals surface area contributed by atoms with Crippen molar-refractivity contribution in [2.45, 2.75) is 25.9 Å². The second kappa shape index (κ2) is 1.99. The standard InChI is InChI=1S/C6H12N2O/c1-6(2)7-4-3-5(9)8-6/h7H,3-4H2,1-2H3,(H,8,9). The van der Waals surface area contributed by atoms with Crippen molar-refractivity contribution < 1.29 is 4.79 Å². The van der Waals surface area contributed by atoms with Crippen molar-refractivity contribution in [2.75, 3.05) is 6.54 Å². The van der Waals surface area contributed by atoms with Gasteiger partial charge >= 0.3 is 0 Å². The molecule has 1 rings (SSSR count). The molecular formula is C6H12N2O. The molecule has 1 aliphatic heterocycles. The zero-order valence-electron chi connectivity index (χ0n) is 5.82. The van der Waals surface area contributed by atoms with Crippen molar-refractivity contribution in [1.29, 1.82) is 0 Å². The van der Waals surface area contributed by atoms with Crippen LogP contribution in [0.15, 0.2) is 0 Å². The van der Waals surface area contributed by atoms with Crippen LogP contribution in [0.3, 0.4) is 0 Å². The van der Waals surface area contributed by atoms with Crippen LogP contribution in [0, 0.1) is 0 Å². The van der Waals surface area contributed by atoms with Crippen LogP contribution in [0.2, 0.25) is 0 Å². The van der Waals surface area contributed by atoms with Crippen LogP contribution in [0.4, 0.5) is 0 Å². The first-order valence-corrected chi connectivity index (χ1v) is 3.16. The first kappa shape index (κ1) is 6.55. The fourth-order valence-corrected chi connectivity index (χ4v) is 0.944. The Morgan fingerprint density at radius 3 is 2.56 bits per heavy atom. The van der Waals surface area contributed by atoms with E-state index in [1.165, 1.54) is 0 Å². The molecule has 1 saturated heterocycles. The average molecular weight is 128 g/mol. The number of rotatable bonds is 0. The number of amides is 1. The quantitative estimate of drug-likeness (QED) is 0.475. The summed E-state index contributed by atoms with van der Waals surface area (Å²) >= 11 is 0. The summed E-state index contributed by atoms with van der Waals surface area (Å²) in [6.45, 7) is 4.69. The molecule has 0 aromatic heterocycles. The van der Waals surface area contributed by atoms with Gasteiger partial charge in [0, 0.05) is 13.0 Å². The van der Waals surface area contributed by atoms with Crippen molar-refractivity contribution in [1.82, 2.24) is 10.6 Å². The van der Waals surface area contributed by atoms with Crippen molar-refractivity contribution >= 4 is 5.91 Å². The first-order valence-electron chi connectivity index (χ1n) is 3.16. The summed E-state index contributed by atoms with van der Waals surface area (Å²) in [5.74, 6) is 0.138. The maximum absolute atomic E-state index is 10.7. The Hall–Kier alpha value is -0.570. The van der Waals surface area contributed by atoms with Crippen LogP contribution >= 0.6 is 0 Å². The molecule has 0 aromatic carbocycles. The predicted octanol–water partition coefficient (Wildman–Crippen LogP) is -0.168. The van der Waals surface area contributed by atoms with Gasteiger partial charge in [-0.2, -0.15) is 0 Å². The Morgan fingerprint density at radius 2 is 2.22 bits per heavy atom. The van der Waals surface area contributed by atoms with E-state index in [1.54, 1.807) is 0 Å². The zero-order valence-corrected chi connectivity index (χ0v) is 5.82. The predicted molar refractivity (Wildman–Crippen MR) is 34.8 cm³/mol. The molecule has 0 radical (unpaired) electrons. The largest absolute Gasteiger partial charge is 0.339 e. The van der Waals surface area contributed by atoms with E-state index < -0.39 is 0 Å². The molecule has 0 aromatic rings. The highest BCUT2D eigenvalue weighted by Gasteiger charge is 2.23. The molecule has 52 valence electrons. The molecule has 1 aliphatic rings. The molecule has 1 heterocycles. The zero-order chi connectivity index (χ0) is 6.91. The van der Waals surface area contributed by atoms with Crippen LogP contribution in [-0.2, 0) is 4.79 Å². The fraction of sp³-hybridized carbons (Fsp3) is 0.833. The van der Waals surface area contributed by atoms with Gasteiger partial charge in [0.1, 0.15) is 0 Å². The van der Waals surface area contributed by atoms with Gasteiger partial charge in [-0.3, -0.25) is 10.1 Å². The third-order valence-electron chi connectivity index (χ3n) is 1.37. The summed E-state index contributed by atoms with van der Waals surface area (Å²) in [4.78, 5) is 10.7. The minimum Gasteiger partial charge on any atom is -0.339 e. The van der Waals surface area contributed by atoms with E-state index >= 15 is 0 Å². The van der Waals surface area contributed by atoms with Gasteiger partial charge in [0.05, 0.1) is 5.66 Å². The van der Waals surface area contributed by atoms with Gasteiger partial charge in [0.2, 0.25) is 5.91 Å². The minimum absolute atomic E-state index is 0.138. The van der Waals surface area contributed by atoms with Crippen LogP contribution < -0.4 is 10.6 Å². The van der Waals surface area contributed by atoms with E-state index in [1.807, 2.05) is 13.8 Å². The van der Waals surface area contributed by atoms with Crippen LogP contribution in [0.1, 0.15) is 20.3 Å². The molecule has 3 heteroatoms. The van der Waals surface area contributed by atoms with Gasteiger partial charge < -0.3 is 5.32 Å². The highest BCUT2D eigenvalue weighted by molar-refractivity contribution is 5.77. The Kier molecular flexibility index (Phi) is 1.45. The van der Waals surface area contributed by atoms with E-state index in [4.69, 9.17) is 0 Å². The lowest BCUT2D eigenvalue weighted by Gasteiger charge is -2.31. The Morgan fingerprint density at radius 1 is 1.56 bits per heavy atom. The van der Waals surface area contributed by atoms with E-state index in [-0.39, 0.29) is 11.6 Å². The fourth-order valence-electron chi connectivity index (χ4n) is 0.944.